The van der Waals surface area contributed by atoms with Crippen LogP contribution in [-0.4, -0.2) is 36.3 Å². The van der Waals surface area contributed by atoms with Crippen LogP contribution in [0, 0.1) is 19.8 Å². The van der Waals surface area contributed by atoms with Gasteiger partial charge in [0.05, 0.1) is 15.1 Å². The first kappa shape index (κ1) is 21.9. The van der Waals surface area contributed by atoms with Crippen molar-refractivity contribution >= 4 is 37.5 Å². The lowest BCUT2D eigenvalue weighted by Gasteiger charge is -2.29. The number of carbonyl (C=O) groups is 1. The van der Waals surface area contributed by atoms with Crippen LogP contribution in [0.5, 0.6) is 0 Å². The van der Waals surface area contributed by atoms with Crippen molar-refractivity contribution in [1.82, 2.24) is 8.87 Å². The van der Waals surface area contributed by atoms with Crippen LogP contribution in [0.3, 0.4) is 0 Å². The van der Waals surface area contributed by atoms with Crippen LogP contribution >= 0.6 is 11.3 Å². The summed E-state index contributed by atoms with van der Waals surface area (Å²) in [5.74, 6) is 0.170. The molecule has 0 bridgehead atoms. The maximum Gasteiger partial charge on any atom is 0.279 e. The predicted octanol–water partition coefficient (Wildman–Crippen LogP) is 4.02. The molecule has 1 saturated heterocycles. The van der Waals surface area contributed by atoms with E-state index in [1.807, 2.05) is 25.5 Å². The standard InChI is InChI=1S/C23H27N3O3S2/c1-15-11-13-26(14-12-15)31(28,29)19-9-7-18(8-10-19)22(27)24-23-25(4)20-16(2)5-6-17(3)21(20)30-23/h5-10,15H,11-14H2,1-4H3. The van der Waals surface area contributed by atoms with Crippen molar-refractivity contribution in [3.8, 4) is 0 Å². The van der Waals surface area contributed by atoms with Crippen molar-refractivity contribution in [3.63, 3.8) is 0 Å². The molecule has 1 aromatic heterocycles. The summed E-state index contributed by atoms with van der Waals surface area (Å²) >= 11 is 1.49. The highest BCUT2D eigenvalue weighted by molar-refractivity contribution is 7.89. The quantitative estimate of drug-likeness (QED) is 0.596. The number of nitrogens with zero attached hydrogens (tertiary/aromatic N) is 3. The van der Waals surface area contributed by atoms with Crippen molar-refractivity contribution in [3.05, 3.63) is 57.9 Å². The fourth-order valence-electron chi connectivity index (χ4n) is 3.96. The number of carbonyl (C=O) groups excluding carboxylic acids is 1. The van der Waals surface area contributed by atoms with Crippen molar-refractivity contribution in [2.75, 3.05) is 13.1 Å². The van der Waals surface area contributed by atoms with Gasteiger partial charge in [0.2, 0.25) is 10.0 Å². The molecule has 0 aliphatic carbocycles. The van der Waals surface area contributed by atoms with Crippen LogP contribution in [-0.2, 0) is 17.1 Å². The first-order valence-electron chi connectivity index (χ1n) is 10.4. The average Bonchev–Trinajstić information content (AvgIpc) is 3.08. The minimum atomic E-state index is -3.53. The molecule has 3 aromatic rings. The second-order valence-corrected chi connectivity index (χ2v) is 11.3. The van der Waals surface area contributed by atoms with Crippen molar-refractivity contribution in [2.24, 2.45) is 18.0 Å². The lowest BCUT2D eigenvalue weighted by molar-refractivity contribution is 0.0998. The van der Waals surface area contributed by atoms with Gasteiger partial charge in [0, 0.05) is 25.7 Å². The first-order valence-corrected chi connectivity index (χ1v) is 12.7. The van der Waals surface area contributed by atoms with Gasteiger partial charge in [-0.1, -0.05) is 30.4 Å². The van der Waals surface area contributed by atoms with Crippen LogP contribution in [0.25, 0.3) is 10.2 Å². The van der Waals surface area contributed by atoms with Crippen LogP contribution in [0.4, 0.5) is 0 Å². The monoisotopic (exact) mass is 457 g/mol. The number of fused-ring (bicyclic) bond motifs is 1. The Labute approximate surface area is 186 Å². The second-order valence-electron chi connectivity index (χ2n) is 8.35. The average molecular weight is 458 g/mol. The topological polar surface area (TPSA) is 71.7 Å². The normalized spacial score (nSPS) is 16.8. The van der Waals surface area contributed by atoms with E-state index in [2.05, 4.69) is 24.0 Å². The summed E-state index contributed by atoms with van der Waals surface area (Å²) in [6.07, 6.45) is 1.75. The van der Waals surface area contributed by atoms with Crippen LogP contribution in [0.1, 0.15) is 41.3 Å². The van der Waals surface area contributed by atoms with Crippen LogP contribution in [0.15, 0.2) is 46.3 Å². The Kier molecular flexibility index (Phi) is 5.89. The molecule has 1 aliphatic rings. The fraction of sp³-hybridized carbons (Fsp3) is 0.391. The van der Waals surface area contributed by atoms with Gasteiger partial charge in [0.25, 0.3) is 5.91 Å². The molecule has 0 unspecified atom stereocenters. The van der Waals surface area contributed by atoms with E-state index in [1.165, 1.54) is 27.8 Å². The molecule has 1 fully saturated rings. The molecule has 8 heteroatoms. The fourth-order valence-corrected chi connectivity index (χ4v) is 6.60. The molecule has 164 valence electrons. The van der Waals surface area contributed by atoms with E-state index in [0.29, 0.717) is 29.4 Å². The van der Waals surface area contributed by atoms with Gasteiger partial charge in [-0.05, 0) is 68.0 Å². The minimum Gasteiger partial charge on any atom is -0.319 e. The number of thiazole rings is 1. The summed E-state index contributed by atoms with van der Waals surface area (Å²) < 4.78 is 30.4. The lowest BCUT2D eigenvalue weighted by Crippen LogP contribution is -2.37. The maximum atomic E-state index is 12.9. The third-order valence-corrected chi connectivity index (χ3v) is 9.20. The minimum absolute atomic E-state index is 0.220. The van der Waals surface area contributed by atoms with E-state index in [0.717, 1.165) is 34.2 Å². The molecule has 0 spiro atoms. The summed E-state index contributed by atoms with van der Waals surface area (Å²) in [4.78, 5) is 17.9. The highest BCUT2D eigenvalue weighted by Gasteiger charge is 2.28. The van der Waals surface area contributed by atoms with Crippen molar-refractivity contribution in [2.45, 2.75) is 38.5 Å². The van der Waals surface area contributed by atoms with E-state index in [4.69, 9.17) is 0 Å². The number of amides is 1. The Balaban J connectivity index is 1.62. The van der Waals surface area contributed by atoms with E-state index in [9.17, 15) is 13.2 Å². The first-order chi connectivity index (χ1) is 14.7. The molecular weight excluding hydrogens is 430 g/mol. The third kappa shape index (κ3) is 4.12. The molecule has 6 nitrogen and oxygen atoms in total. The van der Waals surface area contributed by atoms with Crippen molar-refractivity contribution < 1.29 is 13.2 Å². The van der Waals surface area contributed by atoms with E-state index < -0.39 is 10.0 Å². The molecule has 1 amide bonds. The van der Waals surface area contributed by atoms with Gasteiger partial charge in [0.15, 0.2) is 4.80 Å². The largest absolute Gasteiger partial charge is 0.319 e. The molecule has 2 heterocycles. The highest BCUT2D eigenvalue weighted by Crippen LogP contribution is 2.25. The molecule has 0 N–H and O–H groups in total. The lowest BCUT2D eigenvalue weighted by atomic mass is 10.0. The van der Waals surface area contributed by atoms with Crippen LogP contribution in [0.2, 0.25) is 0 Å². The van der Waals surface area contributed by atoms with Gasteiger partial charge in [-0.3, -0.25) is 4.79 Å². The number of sulfonamides is 1. The van der Waals surface area contributed by atoms with Gasteiger partial charge in [-0.25, -0.2) is 8.42 Å². The molecule has 1 aliphatic heterocycles. The summed E-state index contributed by atoms with van der Waals surface area (Å²) in [7, 11) is -1.62. The predicted molar refractivity (Wildman–Crippen MR) is 124 cm³/mol. The van der Waals surface area contributed by atoms with Gasteiger partial charge in [-0.15, -0.1) is 0 Å². The summed E-state index contributed by atoms with van der Waals surface area (Å²) in [6.45, 7) is 7.32. The number of benzene rings is 2. The summed E-state index contributed by atoms with van der Waals surface area (Å²) in [5, 5.41) is 0. The Bertz CT molecular complexity index is 1310. The van der Waals surface area contributed by atoms with Crippen LogP contribution < -0.4 is 4.80 Å². The molecule has 4 rings (SSSR count). The maximum absolute atomic E-state index is 12.9. The molecule has 0 saturated carbocycles. The smallest absolute Gasteiger partial charge is 0.279 e. The zero-order valence-electron chi connectivity index (χ0n) is 18.3. The molecule has 0 atom stereocenters. The molecule has 31 heavy (non-hydrogen) atoms. The number of hydrogen-bond donors (Lipinski definition) is 0. The Morgan fingerprint density at radius 1 is 1.03 bits per heavy atom. The Hall–Kier alpha value is -2.29. The highest BCUT2D eigenvalue weighted by atomic mass is 32.2. The number of piperidine rings is 1. The number of hydrogen-bond acceptors (Lipinski definition) is 4. The van der Waals surface area contributed by atoms with Gasteiger partial charge >= 0.3 is 0 Å². The van der Waals surface area contributed by atoms with E-state index >= 15 is 0 Å². The van der Waals surface area contributed by atoms with Gasteiger partial charge in [0.1, 0.15) is 0 Å². The second kappa shape index (κ2) is 8.33. The van der Waals surface area contributed by atoms with E-state index in [1.54, 1.807) is 12.1 Å². The van der Waals surface area contributed by atoms with E-state index in [-0.39, 0.29) is 10.8 Å². The number of rotatable bonds is 3. The van der Waals surface area contributed by atoms with Gasteiger partial charge in [-0.2, -0.15) is 9.30 Å². The zero-order valence-corrected chi connectivity index (χ0v) is 19.9. The zero-order chi connectivity index (χ0) is 22.3. The summed E-state index contributed by atoms with van der Waals surface area (Å²) in [5.41, 5.74) is 3.73. The third-order valence-electron chi connectivity index (χ3n) is 6.02. The molecule has 0 radical (unpaired) electrons. The molecule has 2 aromatic carbocycles. The molecular formula is C23H27N3O3S2. The van der Waals surface area contributed by atoms with Crippen molar-refractivity contribution in [1.29, 1.82) is 0 Å². The number of aromatic nitrogens is 1. The SMILES string of the molecule is Cc1ccc(C)c2c1sc(=NC(=O)c1ccc(S(=O)(=O)N3CCC(C)CC3)cc1)n2C. The Morgan fingerprint density at radius 2 is 1.65 bits per heavy atom. The Morgan fingerprint density at radius 3 is 2.26 bits per heavy atom. The summed E-state index contributed by atoms with van der Waals surface area (Å²) in [6, 6.07) is 10.3. The number of aryl methyl sites for hydroxylation is 3. The van der Waals surface area contributed by atoms with Gasteiger partial charge < -0.3 is 4.57 Å².